The molecule has 4 rings (SSSR count). The van der Waals surface area contributed by atoms with Gasteiger partial charge in [-0.05, 0) is 0 Å². The zero-order valence-electron chi connectivity index (χ0n) is 13.8. The van der Waals surface area contributed by atoms with E-state index in [4.69, 9.17) is 17.5 Å². The van der Waals surface area contributed by atoms with Gasteiger partial charge in [-0.2, -0.15) is 0 Å². The Morgan fingerprint density at radius 3 is 1.26 bits per heavy atom. The molecule has 4 aromatic rings. The third-order valence-electron chi connectivity index (χ3n) is 2.93. The summed E-state index contributed by atoms with van der Waals surface area (Å²) >= 11 is 7.09. The van der Waals surface area contributed by atoms with Gasteiger partial charge in [-0.1, -0.05) is 60.7 Å². The molecule has 2 aromatic carbocycles. The van der Waals surface area contributed by atoms with Gasteiger partial charge in [0.15, 0.2) is 9.75 Å². The molecule has 0 aliphatic heterocycles. The summed E-state index contributed by atoms with van der Waals surface area (Å²) in [5.74, 6) is 0. The first-order chi connectivity index (χ1) is 12.9. The molecular weight excluding hydrogens is 441 g/mol. The van der Waals surface area contributed by atoms with E-state index in [1.54, 1.807) is 45.3 Å². The molecule has 0 N–H and O–H groups in total. The summed E-state index contributed by atoms with van der Waals surface area (Å²) in [5, 5.41) is 4.36. The molecule has 2 aromatic heterocycles. The van der Waals surface area contributed by atoms with Crippen molar-refractivity contribution >= 4 is 55.7 Å². The van der Waals surface area contributed by atoms with Crippen LogP contribution in [0.25, 0.3) is 20.9 Å². The topological polar surface area (TPSA) is 80.3 Å². The number of hydrogen-bond donors (Lipinski definition) is 0. The van der Waals surface area contributed by atoms with Gasteiger partial charge >= 0.3 is 0 Å². The van der Waals surface area contributed by atoms with Gasteiger partial charge in [0.1, 0.15) is 10.8 Å². The third-order valence-corrected chi connectivity index (χ3v) is 6.84. The standard InChI is InChI=1S/2C9H7S2.H2O4S/c2*1-2-4-8(5-3-1)9-6-10-7-11-9;1-5(2,3)4/h2*1-7H;(H2,1,2,3,4)/q2*+1;/p-2. The largest absolute Gasteiger partial charge is 0.759 e. The average molecular weight is 455 g/mol. The molecule has 4 nitrogen and oxygen atoms in total. The maximum absolute atomic E-state index is 8.52. The van der Waals surface area contributed by atoms with Crippen molar-refractivity contribution in [3.63, 3.8) is 0 Å². The predicted molar refractivity (Wildman–Crippen MR) is 115 cm³/mol. The lowest BCUT2D eigenvalue weighted by molar-refractivity contribution is 0.352. The summed E-state index contributed by atoms with van der Waals surface area (Å²) in [6.45, 7) is 0. The van der Waals surface area contributed by atoms with Gasteiger partial charge in [-0.15, -0.1) is 0 Å². The number of hydrogen-bond acceptors (Lipinski definition) is 6. The van der Waals surface area contributed by atoms with Gasteiger partial charge in [-0.3, -0.25) is 8.42 Å². The Kier molecular flexibility index (Phi) is 9.08. The molecule has 9 heteroatoms. The Morgan fingerprint density at radius 2 is 1.00 bits per heavy atom. The van der Waals surface area contributed by atoms with Crippen molar-refractivity contribution in [1.29, 1.82) is 0 Å². The predicted octanol–water partition coefficient (Wildman–Crippen LogP) is 6.18. The first kappa shape index (κ1) is 21.7. The fourth-order valence-electron chi connectivity index (χ4n) is 1.87. The monoisotopic (exact) mass is 454 g/mol. The third kappa shape index (κ3) is 9.25. The SMILES string of the molecule is O=S(=O)([O-])[O-].c1ccc(-c2c[s+]cs2)cc1.c1ccc(-c2c[s+]cs2)cc1. The molecule has 0 amide bonds. The van der Waals surface area contributed by atoms with E-state index in [1.807, 2.05) is 12.1 Å². The van der Waals surface area contributed by atoms with Crippen molar-refractivity contribution in [3.05, 3.63) is 80.8 Å². The van der Waals surface area contributed by atoms with E-state index in [1.165, 1.54) is 20.9 Å². The smallest absolute Gasteiger partial charge is 0.243 e. The summed E-state index contributed by atoms with van der Waals surface area (Å²) in [7, 11) is -5.17. The van der Waals surface area contributed by atoms with Crippen LogP contribution in [0, 0.1) is 0 Å². The van der Waals surface area contributed by atoms with E-state index in [0.717, 1.165) is 0 Å². The minimum absolute atomic E-state index is 1.32. The number of rotatable bonds is 2. The van der Waals surface area contributed by atoms with Crippen LogP contribution in [0.4, 0.5) is 0 Å². The quantitative estimate of drug-likeness (QED) is 0.206. The molecule has 27 heavy (non-hydrogen) atoms. The van der Waals surface area contributed by atoms with Crippen molar-refractivity contribution in [1.82, 2.24) is 0 Å². The molecular formula is C18H14O4S5. The normalized spacial score (nSPS) is 10.1. The summed E-state index contributed by atoms with van der Waals surface area (Å²) in [5.41, 5.74) is 2.64. The van der Waals surface area contributed by atoms with Gasteiger partial charge in [0.2, 0.25) is 9.39 Å². The fraction of sp³-hybridized carbons (Fsp3) is 0. The molecule has 0 fully saturated rings. The second kappa shape index (κ2) is 11.3. The van der Waals surface area contributed by atoms with Gasteiger partial charge in [0, 0.05) is 21.5 Å². The molecule has 0 spiro atoms. The van der Waals surface area contributed by atoms with Crippen molar-refractivity contribution in [2.45, 2.75) is 0 Å². The highest BCUT2D eigenvalue weighted by Crippen LogP contribution is 2.27. The van der Waals surface area contributed by atoms with Crippen LogP contribution in [0.1, 0.15) is 0 Å². The van der Waals surface area contributed by atoms with Crippen LogP contribution in [-0.4, -0.2) is 17.5 Å². The summed E-state index contributed by atoms with van der Waals surface area (Å²) in [6.07, 6.45) is 0. The molecule has 0 atom stereocenters. The first-order valence-electron chi connectivity index (χ1n) is 7.39. The second-order valence-corrected chi connectivity index (χ2v) is 9.53. The molecule has 0 saturated heterocycles. The Labute approximate surface area is 174 Å². The van der Waals surface area contributed by atoms with E-state index in [-0.39, 0.29) is 0 Å². The molecule has 0 bridgehead atoms. The van der Waals surface area contributed by atoms with Crippen molar-refractivity contribution in [2.24, 2.45) is 0 Å². The van der Waals surface area contributed by atoms with Crippen LogP contribution in [0.2, 0.25) is 0 Å². The highest BCUT2D eigenvalue weighted by molar-refractivity contribution is 7.79. The molecule has 2 heterocycles. The van der Waals surface area contributed by atoms with E-state index in [0.29, 0.717) is 0 Å². The van der Waals surface area contributed by atoms with Gasteiger partial charge in [0.25, 0.3) is 0 Å². The molecule has 0 unspecified atom stereocenters. The Morgan fingerprint density at radius 1 is 0.667 bits per heavy atom. The van der Waals surface area contributed by atoms with Crippen LogP contribution in [0.15, 0.2) is 80.8 Å². The van der Waals surface area contributed by atoms with Crippen LogP contribution in [0.3, 0.4) is 0 Å². The highest BCUT2D eigenvalue weighted by Gasteiger charge is 2.05. The lowest BCUT2D eigenvalue weighted by Crippen LogP contribution is -1.91. The molecule has 140 valence electrons. The van der Waals surface area contributed by atoms with E-state index < -0.39 is 10.4 Å². The van der Waals surface area contributed by atoms with Crippen LogP contribution in [-0.2, 0) is 10.4 Å². The summed E-state index contributed by atoms with van der Waals surface area (Å²) in [6, 6.07) is 20.9. The summed E-state index contributed by atoms with van der Waals surface area (Å²) < 4.78 is 38.4. The van der Waals surface area contributed by atoms with Crippen LogP contribution < -0.4 is 0 Å². The fourth-order valence-corrected chi connectivity index (χ4v) is 5.43. The molecule has 0 radical (unpaired) electrons. The van der Waals surface area contributed by atoms with Gasteiger partial charge < -0.3 is 9.11 Å². The lowest BCUT2D eigenvalue weighted by atomic mass is 10.2. The number of benzene rings is 2. The molecule has 0 aliphatic rings. The minimum Gasteiger partial charge on any atom is -0.759 e. The van der Waals surface area contributed by atoms with E-state index in [9.17, 15) is 0 Å². The second-order valence-electron chi connectivity index (χ2n) is 4.80. The zero-order valence-corrected chi connectivity index (χ0v) is 17.8. The van der Waals surface area contributed by atoms with E-state index in [2.05, 4.69) is 68.7 Å². The summed E-state index contributed by atoms with van der Waals surface area (Å²) in [4.78, 5) is 2.71. The lowest BCUT2D eigenvalue weighted by Gasteiger charge is -2.06. The van der Waals surface area contributed by atoms with Crippen molar-refractivity contribution in [3.8, 4) is 20.9 Å². The molecule has 0 aliphatic carbocycles. The Hall–Kier alpha value is -1.59. The first-order valence-corrected chi connectivity index (χ1v) is 12.4. The van der Waals surface area contributed by atoms with Crippen LogP contribution in [0.5, 0.6) is 0 Å². The maximum atomic E-state index is 8.52. The maximum Gasteiger partial charge on any atom is 0.243 e. The molecule has 0 saturated carbocycles. The van der Waals surface area contributed by atoms with E-state index >= 15 is 0 Å². The average Bonchev–Trinajstić information content (AvgIpc) is 3.37. The highest BCUT2D eigenvalue weighted by atomic mass is 32.3. The van der Waals surface area contributed by atoms with Crippen molar-refractivity contribution in [2.75, 3.05) is 0 Å². The van der Waals surface area contributed by atoms with Crippen LogP contribution >= 0.6 is 45.3 Å². The zero-order chi connectivity index (χ0) is 19.5. The minimum atomic E-state index is -5.17. The Balaban J connectivity index is 0.000000157. The van der Waals surface area contributed by atoms with Gasteiger partial charge in [-0.25, -0.2) is 0 Å². The van der Waals surface area contributed by atoms with Gasteiger partial charge in [0.05, 0.1) is 45.3 Å². The van der Waals surface area contributed by atoms with Crippen molar-refractivity contribution < 1.29 is 17.5 Å². The Bertz CT molecular complexity index is 907.